The van der Waals surface area contributed by atoms with E-state index in [2.05, 4.69) is 15.2 Å². The van der Waals surface area contributed by atoms with Gasteiger partial charge in [-0.2, -0.15) is 0 Å². The van der Waals surface area contributed by atoms with Crippen LogP contribution in [0.4, 0.5) is 0 Å². The Bertz CT molecular complexity index is 375. The molecule has 1 amide bonds. The lowest BCUT2D eigenvalue weighted by atomic mass is 10.0. The van der Waals surface area contributed by atoms with Crippen molar-refractivity contribution in [2.24, 2.45) is 0 Å². The lowest BCUT2D eigenvalue weighted by Crippen LogP contribution is -2.45. The monoisotopic (exact) mass is 233 g/mol. The number of rotatable bonds is 3. The molecule has 1 aromatic rings. The van der Waals surface area contributed by atoms with Crippen molar-refractivity contribution in [1.29, 1.82) is 0 Å². The van der Waals surface area contributed by atoms with Gasteiger partial charge in [0.15, 0.2) is 0 Å². The lowest BCUT2D eigenvalue weighted by molar-refractivity contribution is 0.0909. The van der Waals surface area contributed by atoms with Crippen LogP contribution in [0.5, 0.6) is 0 Å². The fourth-order valence-corrected chi connectivity index (χ4v) is 2.58. The molecule has 92 valence electrons. The topological polar surface area (TPSA) is 48.1 Å². The zero-order valence-electron chi connectivity index (χ0n) is 9.98. The average molecular weight is 233 g/mol. The van der Waals surface area contributed by atoms with Crippen LogP contribution in [-0.2, 0) is 0 Å². The van der Waals surface area contributed by atoms with Gasteiger partial charge < -0.3 is 15.2 Å². The summed E-state index contributed by atoms with van der Waals surface area (Å²) in [7, 11) is 0. The molecule has 2 heterocycles. The van der Waals surface area contributed by atoms with E-state index in [0.717, 1.165) is 37.5 Å². The van der Waals surface area contributed by atoms with Gasteiger partial charge in [-0.15, -0.1) is 0 Å². The van der Waals surface area contributed by atoms with Gasteiger partial charge in [-0.3, -0.25) is 4.79 Å². The minimum atomic E-state index is 0.0520. The third kappa shape index (κ3) is 2.52. The Hall–Kier alpha value is -1.29. The predicted molar refractivity (Wildman–Crippen MR) is 65.9 cm³/mol. The highest BCUT2D eigenvalue weighted by molar-refractivity contribution is 5.94. The van der Waals surface area contributed by atoms with Crippen molar-refractivity contribution in [3.05, 3.63) is 24.0 Å². The maximum atomic E-state index is 11.9. The summed E-state index contributed by atoms with van der Waals surface area (Å²) in [4.78, 5) is 17.3. The Morgan fingerprint density at radius 3 is 2.65 bits per heavy atom. The second-order valence-electron chi connectivity index (χ2n) is 5.11. The summed E-state index contributed by atoms with van der Waals surface area (Å²) < 4.78 is 0. The van der Waals surface area contributed by atoms with Crippen molar-refractivity contribution in [3.8, 4) is 0 Å². The Morgan fingerprint density at radius 1 is 1.29 bits per heavy atom. The van der Waals surface area contributed by atoms with Gasteiger partial charge in [0.25, 0.3) is 5.91 Å². The van der Waals surface area contributed by atoms with Crippen molar-refractivity contribution in [2.45, 2.75) is 37.8 Å². The first kappa shape index (κ1) is 10.8. The minimum absolute atomic E-state index is 0.0520. The highest BCUT2D eigenvalue weighted by Crippen LogP contribution is 2.29. The molecule has 0 aromatic carbocycles. The largest absolute Gasteiger partial charge is 0.367 e. The number of nitrogens with zero attached hydrogens (tertiary/aromatic N) is 1. The molecule has 0 bridgehead atoms. The van der Waals surface area contributed by atoms with Crippen LogP contribution < -0.4 is 5.32 Å². The van der Waals surface area contributed by atoms with Crippen LogP contribution in [0.3, 0.4) is 0 Å². The molecule has 2 fully saturated rings. The number of likely N-dealkylation sites (tertiary alicyclic amines) is 1. The van der Waals surface area contributed by atoms with E-state index >= 15 is 0 Å². The molecular formula is C13H19N3O. The second kappa shape index (κ2) is 4.53. The van der Waals surface area contributed by atoms with Gasteiger partial charge in [-0.05, 0) is 31.7 Å². The second-order valence-corrected chi connectivity index (χ2v) is 5.11. The summed E-state index contributed by atoms with van der Waals surface area (Å²) in [6, 6.07) is 3.03. The Morgan fingerprint density at radius 2 is 2.06 bits per heavy atom. The number of piperidine rings is 1. The summed E-state index contributed by atoms with van der Waals surface area (Å²) >= 11 is 0. The lowest BCUT2D eigenvalue weighted by Gasteiger charge is -2.32. The van der Waals surface area contributed by atoms with E-state index in [1.165, 1.54) is 12.8 Å². The number of aromatic amines is 1. The van der Waals surface area contributed by atoms with E-state index in [1.54, 1.807) is 12.4 Å². The van der Waals surface area contributed by atoms with Crippen molar-refractivity contribution >= 4 is 5.91 Å². The van der Waals surface area contributed by atoms with Crippen molar-refractivity contribution in [3.63, 3.8) is 0 Å². The Balaban J connectivity index is 1.48. The quantitative estimate of drug-likeness (QED) is 0.828. The number of nitrogens with one attached hydrogen (secondary N) is 2. The molecule has 1 aliphatic carbocycles. The average Bonchev–Trinajstić information content (AvgIpc) is 3.05. The zero-order chi connectivity index (χ0) is 11.7. The van der Waals surface area contributed by atoms with Crippen LogP contribution in [0.15, 0.2) is 18.5 Å². The van der Waals surface area contributed by atoms with Gasteiger partial charge in [-0.1, -0.05) is 0 Å². The van der Waals surface area contributed by atoms with E-state index in [1.807, 2.05) is 6.07 Å². The van der Waals surface area contributed by atoms with E-state index in [0.29, 0.717) is 6.04 Å². The first-order valence-corrected chi connectivity index (χ1v) is 6.50. The summed E-state index contributed by atoms with van der Waals surface area (Å²) in [5, 5.41) is 3.12. The summed E-state index contributed by atoms with van der Waals surface area (Å²) in [5.74, 6) is 0.0520. The normalized spacial score (nSPS) is 22.6. The highest BCUT2D eigenvalue weighted by atomic mass is 16.1. The van der Waals surface area contributed by atoms with Gasteiger partial charge >= 0.3 is 0 Å². The number of hydrogen-bond acceptors (Lipinski definition) is 2. The van der Waals surface area contributed by atoms with E-state index in [-0.39, 0.29) is 5.91 Å². The summed E-state index contributed by atoms with van der Waals surface area (Å²) in [5.41, 5.74) is 0.731. The molecule has 17 heavy (non-hydrogen) atoms. The summed E-state index contributed by atoms with van der Waals surface area (Å²) in [6.45, 7) is 2.28. The van der Waals surface area contributed by atoms with E-state index in [4.69, 9.17) is 0 Å². The molecule has 0 unspecified atom stereocenters. The van der Waals surface area contributed by atoms with Crippen molar-refractivity contribution < 1.29 is 4.79 Å². The number of hydrogen-bond donors (Lipinski definition) is 2. The molecule has 4 heteroatoms. The van der Waals surface area contributed by atoms with Crippen LogP contribution in [0.2, 0.25) is 0 Å². The van der Waals surface area contributed by atoms with Crippen LogP contribution in [0, 0.1) is 0 Å². The molecule has 1 aliphatic heterocycles. The number of amides is 1. The summed E-state index contributed by atoms with van der Waals surface area (Å²) in [6.07, 6.45) is 8.46. The van der Waals surface area contributed by atoms with Crippen LogP contribution >= 0.6 is 0 Å². The van der Waals surface area contributed by atoms with Gasteiger partial charge in [0, 0.05) is 37.6 Å². The molecule has 0 spiro atoms. The molecule has 3 rings (SSSR count). The maximum Gasteiger partial charge on any atom is 0.253 e. The molecule has 1 aromatic heterocycles. The number of H-pyrrole nitrogens is 1. The Labute approximate surface area is 101 Å². The fourth-order valence-electron chi connectivity index (χ4n) is 2.58. The predicted octanol–water partition coefficient (Wildman–Crippen LogP) is 1.37. The van der Waals surface area contributed by atoms with E-state index in [9.17, 15) is 4.79 Å². The molecule has 0 radical (unpaired) electrons. The molecule has 1 saturated carbocycles. The third-order valence-corrected chi connectivity index (χ3v) is 3.79. The standard InChI is InChI=1S/C13H19N3O/c17-13(10-3-6-14-9-10)15-11-4-7-16(8-5-11)12-1-2-12/h3,6,9,11-12,14H,1-2,4-5,7-8H2,(H,15,17). The minimum Gasteiger partial charge on any atom is -0.367 e. The molecule has 2 aliphatic rings. The molecule has 1 saturated heterocycles. The maximum absolute atomic E-state index is 11.9. The van der Waals surface area contributed by atoms with Crippen LogP contribution in [-0.4, -0.2) is 41.0 Å². The van der Waals surface area contributed by atoms with E-state index < -0.39 is 0 Å². The SMILES string of the molecule is O=C(NC1CCN(C2CC2)CC1)c1cc[nH]c1. The first-order chi connectivity index (χ1) is 8.33. The molecule has 2 N–H and O–H groups in total. The van der Waals surface area contributed by atoms with Gasteiger partial charge in [-0.25, -0.2) is 0 Å². The van der Waals surface area contributed by atoms with Crippen molar-refractivity contribution in [1.82, 2.24) is 15.2 Å². The highest BCUT2D eigenvalue weighted by Gasteiger charge is 2.32. The molecule has 4 nitrogen and oxygen atoms in total. The van der Waals surface area contributed by atoms with Crippen molar-refractivity contribution in [2.75, 3.05) is 13.1 Å². The Kier molecular flexibility index (Phi) is 2.89. The van der Waals surface area contributed by atoms with Gasteiger partial charge in [0.2, 0.25) is 0 Å². The number of carbonyl (C=O) groups is 1. The smallest absolute Gasteiger partial charge is 0.253 e. The zero-order valence-corrected chi connectivity index (χ0v) is 9.98. The number of aromatic nitrogens is 1. The fraction of sp³-hybridized carbons (Fsp3) is 0.615. The molecular weight excluding hydrogens is 214 g/mol. The first-order valence-electron chi connectivity index (χ1n) is 6.50. The number of carbonyl (C=O) groups excluding carboxylic acids is 1. The third-order valence-electron chi connectivity index (χ3n) is 3.79. The van der Waals surface area contributed by atoms with Gasteiger partial charge in [0.1, 0.15) is 0 Å². The van der Waals surface area contributed by atoms with Crippen LogP contribution in [0.25, 0.3) is 0 Å². The molecule has 0 atom stereocenters. The van der Waals surface area contributed by atoms with Gasteiger partial charge in [0.05, 0.1) is 5.56 Å². The van der Waals surface area contributed by atoms with Crippen LogP contribution in [0.1, 0.15) is 36.0 Å².